The van der Waals surface area contributed by atoms with E-state index in [9.17, 15) is 13.2 Å². The van der Waals surface area contributed by atoms with Crippen molar-refractivity contribution in [1.29, 1.82) is 0 Å². The van der Waals surface area contributed by atoms with Crippen LogP contribution in [-0.4, -0.2) is 39.6 Å². The average Bonchev–Trinajstić information content (AvgIpc) is 2.55. The van der Waals surface area contributed by atoms with Gasteiger partial charge in [-0.2, -0.15) is 0 Å². The number of ether oxygens (including phenoxy) is 2. The monoisotopic (exact) mass is 398 g/mol. The van der Waals surface area contributed by atoms with Gasteiger partial charge in [0.15, 0.2) is 0 Å². The van der Waals surface area contributed by atoms with Gasteiger partial charge in [-0.05, 0) is 42.8 Å². The molecule has 1 aromatic carbocycles. The van der Waals surface area contributed by atoms with Gasteiger partial charge in [-0.15, -0.1) is 0 Å². The zero-order valence-corrected chi connectivity index (χ0v) is 15.9. The molecule has 0 bridgehead atoms. The summed E-state index contributed by atoms with van der Waals surface area (Å²) in [7, 11) is -2.66. The number of carbonyl (C=O) groups excluding carboxylic acids is 1. The minimum atomic E-state index is -4.16. The van der Waals surface area contributed by atoms with E-state index >= 15 is 0 Å². The quantitative estimate of drug-likeness (QED) is 0.684. The highest BCUT2D eigenvalue weighted by atomic mass is 35.5. The number of rotatable bonds is 8. The van der Waals surface area contributed by atoms with Crippen LogP contribution >= 0.6 is 11.6 Å². The maximum absolute atomic E-state index is 12.6. The zero-order valence-electron chi connectivity index (χ0n) is 14.4. The molecule has 1 N–H and O–H groups in total. The van der Waals surface area contributed by atoms with Crippen LogP contribution in [0.1, 0.15) is 11.3 Å². The number of sulfonamides is 1. The Labute approximate surface area is 157 Å². The lowest BCUT2D eigenvalue weighted by Gasteiger charge is -2.13. The van der Waals surface area contributed by atoms with Gasteiger partial charge in [0, 0.05) is 24.0 Å². The molecule has 0 radical (unpaired) electrons. The van der Waals surface area contributed by atoms with Crippen molar-refractivity contribution < 1.29 is 22.7 Å². The normalized spacial score (nSPS) is 11.2. The molecule has 2 aromatic rings. The van der Waals surface area contributed by atoms with Crippen molar-refractivity contribution in [2.75, 3.05) is 20.3 Å². The van der Waals surface area contributed by atoms with Crippen molar-refractivity contribution in [2.24, 2.45) is 0 Å². The van der Waals surface area contributed by atoms with E-state index in [-0.39, 0.29) is 35.3 Å². The predicted octanol–water partition coefficient (Wildman–Crippen LogP) is 2.12. The standard InChI is InChI=1S/C17H19ClN2O5S/c1-12-5-6-19-14(9-12)11-17(21)20-26(22,23)16-10-13(18)3-4-15(16)25-8-7-24-2/h3-6,9-10H,7-8,11H2,1-2H3,(H,20,21). The summed E-state index contributed by atoms with van der Waals surface area (Å²) in [6.07, 6.45) is 1.40. The van der Waals surface area contributed by atoms with Crippen molar-refractivity contribution in [2.45, 2.75) is 18.2 Å². The smallest absolute Gasteiger partial charge is 0.267 e. The van der Waals surface area contributed by atoms with Crippen LogP contribution in [0.2, 0.25) is 5.02 Å². The Kier molecular flexibility index (Phi) is 6.96. The molecule has 0 atom stereocenters. The first-order valence-corrected chi connectivity index (χ1v) is 9.56. The minimum Gasteiger partial charge on any atom is -0.490 e. The SMILES string of the molecule is COCCOc1ccc(Cl)cc1S(=O)(=O)NC(=O)Cc1cc(C)ccn1. The molecule has 0 aliphatic rings. The summed E-state index contributed by atoms with van der Waals surface area (Å²) in [6.45, 7) is 2.30. The number of carbonyl (C=O) groups is 1. The van der Waals surface area contributed by atoms with Crippen LogP contribution in [0.15, 0.2) is 41.4 Å². The summed E-state index contributed by atoms with van der Waals surface area (Å²) in [5.41, 5.74) is 1.40. The molecule has 140 valence electrons. The van der Waals surface area contributed by atoms with Gasteiger partial charge in [-0.3, -0.25) is 9.78 Å². The van der Waals surface area contributed by atoms with Crippen molar-refractivity contribution in [3.05, 3.63) is 52.8 Å². The van der Waals surface area contributed by atoms with Crippen LogP contribution in [-0.2, 0) is 26.0 Å². The first-order valence-electron chi connectivity index (χ1n) is 7.70. The first kappa shape index (κ1) is 20.2. The van der Waals surface area contributed by atoms with E-state index in [0.717, 1.165) is 5.56 Å². The first-order chi connectivity index (χ1) is 12.3. The van der Waals surface area contributed by atoms with E-state index in [0.29, 0.717) is 5.69 Å². The third-order valence-electron chi connectivity index (χ3n) is 3.30. The molecule has 9 heteroatoms. The maximum Gasteiger partial charge on any atom is 0.267 e. The molecule has 26 heavy (non-hydrogen) atoms. The average molecular weight is 399 g/mol. The Bertz CT molecular complexity index is 886. The van der Waals surface area contributed by atoms with Gasteiger partial charge in [0.2, 0.25) is 5.91 Å². The molecule has 1 aromatic heterocycles. The second-order valence-corrected chi connectivity index (χ2v) is 7.55. The highest BCUT2D eigenvalue weighted by Crippen LogP contribution is 2.27. The van der Waals surface area contributed by atoms with Gasteiger partial charge in [0.1, 0.15) is 17.3 Å². The number of hydrogen-bond acceptors (Lipinski definition) is 6. The van der Waals surface area contributed by atoms with Crippen LogP contribution in [0.4, 0.5) is 0 Å². The number of nitrogens with one attached hydrogen (secondary N) is 1. The van der Waals surface area contributed by atoms with E-state index in [1.165, 1.54) is 25.3 Å². The Hall–Kier alpha value is -2.16. The molecule has 0 unspecified atom stereocenters. The number of aromatic nitrogens is 1. The predicted molar refractivity (Wildman–Crippen MR) is 96.8 cm³/mol. The van der Waals surface area contributed by atoms with Crippen LogP contribution in [0.25, 0.3) is 0 Å². The molecule has 7 nitrogen and oxygen atoms in total. The number of aryl methyl sites for hydroxylation is 1. The molecule has 0 spiro atoms. The van der Waals surface area contributed by atoms with Gasteiger partial charge < -0.3 is 9.47 Å². The number of benzene rings is 1. The number of nitrogens with zero attached hydrogens (tertiary/aromatic N) is 1. The van der Waals surface area contributed by atoms with Crippen molar-refractivity contribution >= 4 is 27.5 Å². The molecule has 2 rings (SSSR count). The molecule has 1 amide bonds. The molecular weight excluding hydrogens is 380 g/mol. The Balaban J connectivity index is 2.18. The van der Waals surface area contributed by atoms with E-state index in [4.69, 9.17) is 21.1 Å². The maximum atomic E-state index is 12.6. The van der Waals surface area contributed by atoms with Gasteiger partial charge in [-0.25, -0.2) is 13.1 Å². The number of pyridine rings is 1. The fraction of sp³-hybridized carbons (Fsp3) is 0.294. The van der Waals surface area contributed by atoms with Crippen molar-refractivity contribution in [1.82, 2.24) is 9.71 Å². The van der Waals surface area contributed by atoms with Crippen LogP contribution in [0.5, 0.6) is 5.75 Å². The third kappa shape index (κ3) is 5.69. The van der Waals surface area contributed by atoms with E-state index in [1.54, 1.807) is 18.3 Å². The molecule has 0 aliphatic heterocycles. The van der Waals surface area contributed by atoms with Gasteiger partial charge in [-0.1, -0.05) is 11.6 Å². The lowest BCUT2D eigenvalue weighted by molar-refractivity contribution is -0.118. The van der Waals surface area contributed by atoms with Crippen molar-refractivity contribution in [3.8, 4) is 5.75 Å². The number of methoxy groups -OCH3 is 1. The minimum absolute atomic E-state index is 0.0837. The molecule has 0 aliphatic carbocycles. The van der Waals surface area contributed by atoms with Gasteiger partial charge in [0.05, 0.1) is 13.0 Å². The third-order valence-corrected chi connectivity index (χ3v) is 4.93. The Morgan fingerprint density at radius 1 is 1.23 bits per heavy atom. The fourth-order valence-electron chi connectivity index (χ4n) is 2.15. The number of hydrogen-bond donors (Lipinski definition) is 1. The lowest BCUT2D eigenvalue weighted by atomic mass is 10.2. The fourth-order valence-corrected chi connectivity index (χ4v) is 3.54. The Morgan fingerprint density at radius 2 is 2.00 bits per heavy atom. The van der Waals surface area contributed by atoms with Crippen LogP contribution in [0.3, 0.4) is 0 Å². The summed E-state index contributed by atoms with van der Waals surface area (Å²) in [4.78, 5) is 16.0. The molecule has 0 saturated heterocycles. The lowest BCUT2D eigenvalue weighted by Crippen LogP contribution is -2.32. The molecule has 1 heterocycles. The summed E-state index contributed by atoms with van der Waals surface area (Å²) >= 11 is 5.90. The largest absolute Gasteiger partial charge is 0.490 e. The molecular formula is C17H19ClN2O5S. The van der Waals surface area contributed by atoms with Gasteiger partial charge in [0.25, 0.3) is 10.0 Å². The van der Waals surface area contributed by atoms with Crippen LogP contribution < -0.4 is 9.46 Å². The number of halogens is 1. The zero-order chi connectivity index (χ0) is 19.2. The van der Waals surface area contributed by atoms with Gasteiger partial charge >= 0.3 is 0 Å². The second kappa shape index (κ2) is 8.98. The summed E-state index contributed by atoms with van der Waals surface area (Å²) < 4.78 is 37.5. The second-order valence-electron chi connectivity index (χ2n) is 5.46. The van der Waals surface area contributed by atoms with Crippen LogP contribution in [0, 0.1) is 6.92 Å². The number of amides is 1. The summed E-state index contributed by atoms with van der Waals surface area (Å²) in [6, 6.07) is 7.66. The van der Waals surface area contributed by atoms with E-state index in [2.05, 4.69) is 4.98 Å². The molecule has 0 fully saturated rings. The highest BCUT2D eigenvalue weighted by Gasteiger charge is 2.23. The molecule has 0 saturated carbocycles. The summed E-state index contributed by atoms with van der Waals surface area (Å²) in [5.74, 6) is -0.619. The summed E-state index contributed by atoms with van der Waals surface area (Å²) in [5, 5.41) is 0.206. The Morgan fingerprint density at radius 3 is 2.69 bits per heavy atom. The topological polar surface area (TPSA) is 94.6 Å². The van der Waals surface area contributed by atoms with E-state index in [1.807, 2.05) is 11.6 Å². The van der Waals surface area contributed by atoms with E-state index < -0.39 is 15.9 Å². The highest BCUT2D eigenvalue weighted by molar-refractivity contribution is 7.90. The van der Waals surface area contributed by atoms with Crippen molar-refractivity contribution in [3.63, 3.8) is 0 Å².